The number of rotatable bonds is 5. The molecule has 1 N–H and O–H groups in total. The van der Waals surface area contributed by atoms with Gasteiger partial charge in [-0.05, 0) is 61.0 Å². The maximum atomic E-state index is 12.7. The van der Waals surface area contributed by atoms with Crippen LogP contribution in [0.25, 0.3) is 0 Å². The van der Waals surface area contributed by atoms with Crippen molar-refractivity contribution in [2.45, 2.75) is 13.5 Å². The Morgan fingerprint density at radius 1 is 1.04 bits per heavy atom. The fourth-order valence-electron chi connectivity index (χ4n) is 2.65. The van der Waals surface area contributed by atoms with Gasteiger partial charge < -0.3 is 9.88 Å². The Balaban J connectivity index is 1.82. The van der Waals surface area contributed by atoms with Crippen LogP contribution in [0.4, 0.5) is 5.69 Å². The minimum absolute atomic E-state index is 0.00299. The van der Waals surface area contributed by atoms with Gasteiger partial charge in [-0.2, -0.15) is 0 Å². The van der Waals surface area contributed by atoms with Crippen molar-refractivity contribution < 1.29 is 9.59 Å². The molecule has 0 saturated carbocycles. The normalized spacial score (nSPS) is 10.5. The van der Waals surface area contributed by atoms with Gasteiger partial charge in [-0.3, -0.25) is 14.4 Å². The van der Waals surface area contributed by atoms with Gasteiger partial charge in [-0.1, -0.05) is 29.3 Å². The van der Waals surface area contributed by atoms with Crippen molar-refractivity contribution >= 4 is 40.6 Å². The third-order valence-electron chi connectivity index (χ3n) is 4.17. The van der Waals surface area contributed by atoms with Crippen molar-refractivity contribution in [1.29, 1.82) is 0 Å². The van der Waals surface area contributed by atoms with Gasteiger partial charge in [0.05, 0.1) is 6.54 Å². The Morgan fingerprint density at radius 2 is 1.75 bits per heavy atom. The first-order chi connectivity index (χ1) is 13.3. The molecule has 28 heavy (non-hydrogen) atoms. The third kappa shape index (κ3) is 4.50. The van der Waals surface area contributed by atoms with E-state index in [0.717, 1.165) is 0 Å². The zero-order chi connectivity index (χ0) is 20.3. The van der Waals surface area contributed by atoms with E-state index in [2.05, 4.69) is 5.32 Å². The molecule has 1 heterocycles. The summed E-state index contributed by atoms with van der Waals surface area (Å²) in [5.74, 6) is -0.596. The van der Waals surface area contributed by atoms with Gasteiger partial charge in [0.25, 0.3) is 11.5 Å². The lowest BCUT2D eigenvalue weighted by molar-refractivity contribution is 0.101. The fraction of sp³-hybridized carbons (Fsp3) is 0.0952. The molecule has 0 bridgehead atoms. The molecule has 3 aromatic rings. The number of amides is 1. The van der Waals surface area contributed by atoms with Crippen LogP contribution in [0, 0.1) is 0 Å². The molecule has 0 saturated heterocycles. The fourth-order valence-corrected chi connectivity index (χ4v) is 3.12. The number of nitrogens with one attached hydrogen (secondary N) is 1. The topological polar surface area (TPSA) is 68.2 Å². The molecule has 0 radical (unpaired) electrons. The SMILES string of the molecule is CC(=O)c1ccc(NC(=O)c2cccn(Cc3ccc(Cl)cc3Cl)c2=O)cc1. The van der Waals surface area contributed by atoms with Gasteiger partial charge in [0.2, 0.25) is 0 Å². The molecular weight excluding hydrogens is 399 g/mol. The van der Waals surface area contributed by atoms with Gasteiger partial charge in [0, 0.05) is 27.5 Å². The largest absolute Gasteiger partial charge is 0.322 e. The van der Waals surface area contributed by atoms with Gasteiger partial charge in [0.15, 0.2) is 5.78 Å². The molecular formula is C21H16Cl2N2O3. The van der Waals surface area contributed by atoms with Crippen molar-refractivity contribution in [2.24, 2.45) is 0 Å². The molecule has 0 spiro atoms. The number of hydrogen-bond donors (Lipinski definition) is 1. The molecule has 3 rings (SSSR count). The second-order valence-electron chi connectivity index (χ2n) is 6.18. The van der Waals surface area contributed by atoms with Crippen molar-refractivity contribution in [2.75, 3.05) is 5.32 Å². The Bertz CT molecular complexity index is 1110. The number of Topliss-reactive ketones (excluding diaryl/α,β-unsaturated/α-hetero) is 1. The summed E-state index contributed by atoms with van der Waals surface area (Å²) >= 11 is 12.1. The minimum atomic E-state index is -0.530. The molecule has 2 aromatic carbocycles. The lowest BCUT2D eigenvalue weighted by Crippen LogP contribution is -2.29. The molecule has 142 valence electrons. The summed E-state index contributed by atoms with van der Waals surface area (Å²) in [7, 11) is 0. The van der Waals surface area contributed by atoms with Crippen LogP contribution in [0.15, 0.2) is 65.6 Å². The summed E-state index contributed by atoms with van der Waals surface area (Å²) in [6.45, 7) is 1.68. The predicted octanol–water partition coefficient (Wildman–Crippen LogP) is 4.66. The van der Waals surface area contributed by atoms with Crippen molar-refractivity contribution in [3.05, 3.63) is 97.9 Å². The zero-order valence-corrected chi connectivity index (χ0v) is 16.4. The monoisotopic (exact) mass is 414 g/mol. The molecule has 0 unspecified atom stereocenters. The Labute approximate surface area is 171 Å². The molecule has 1 amide bonds. The van der Waals surface area contributed by atoms with E-state index >= 15 is 0 Å². The van der Waals surface area contributed by atoms with Crippen LogP contribution >= 0.6 is 23.2 Å². The van der Waals surface area contributed by atoms with Crippen molar-refractivity contribution in [3.8, 4) is 0 Å². The smallest absolute Gasteiger partial charge is 0.263 e. The van der Waals surface area contributed by atoms with Gasteiger partial charge in [-0.15, -0.1) is 0 Å². The van der Waals surface area contributed by atoms with E-state index in [4.69, 9.17) is 23.2 Å². The predicted molar refractivity (Wildman–Crippen MR) is 111 cm³/mol. The number of carbonyl (C=O) groups is 2. The quantitative estimate of drug-likeness (QED) is 0.617. The van der Waals surface area contributed by atoms with E-state index in [9.17, 15) is 14.4 Å². The average Bonchev–Trinajstić information content (AvgIpc) is 2.65. The second kappa shape index (κ2) is 8.42. The maximum absolute atomic E-state index is 12.7. The zero-order valence-electron chi connectivity index (χ0n) is 14.9. The van der Waals surface area contributed by atoms with E-state index in [1.165, 1.54) is 17.6 Å². The third-order valence-corrected chi connectivity index (χ3v) is 4.76. The van der Waals surface area contributed by atoms with Gasteiger partial charge in [-0.25, -0.2) is 0 Å². The van der Waals surface area contributed by atoms with Crippen LogP contribution in [0.2, 0.25) is 10.0 Å². The average molecular weight is 415 g/mol. The Kier molecular flexibility index (Phi) is 5.97. The van der Waals surface area contributed by atoms with Crippen molar-refractivity contribution in [1.82, 2.24) is 4.57 Å². The highest BCUT2D eigenvalue weighted by atomic mass is 35.5. The first kappa shape index (κ1) is 19.9. The number of benzene rings is 2. The highest BCUT2D eigenvalue weighted by Crippen LogP contribution is 2.21. The van der Waals surface area contributed by atoms with E-state index in [-0.39, 0.29) is 17.9 Å². The number of carbonyl (C=O) groups excluding carboxylic acids is 2. The number of anilines is 1. The number of ketones is 1. The number of hydrogen-bond acceptors (Lipinski definition) is 3. The van der Waals surface area contributed by atoms with Gasteiger partial charge >= 0.3 is 0 Å². The highest BCUT2D eigenvalue weighted by molar-refractivity contribution is 6.35. The van der Waals surface area contributed by atoms with E-state index in [0.29, 0.717) is 26.9 Å². The lowest BCUT2D eigenvalue weighted by Gasteiger charge is -2.10. The standard InChI is InChI=1S/C21H16Cl2N2O3/c1-13(26)14-5-8-17(9-6-14)24-20(27)18-3-2-10-25(21(18)28)12-15-4-7-16(22)11-19(15)23/h2-11H,12H2,1H3,(H,24,27). The lowest BCUT2D eigenvalue weighted by atomic mass is 10.1. The molecule has 0 aliphatic rings. The van der Waals surface area contributed by atoms with Crippen molar-refractivity contribution in [3.63, 3.8) is 0 Å². The van der Waals surface area contributed by atoms with Gasteiger partial charge in [0.1, 0.15) is 5.56 Å². The molecule has 0 aliphatic heterocycles. The Hall–Kier alpha value is -2.89. The van der Waals surface area contributed by atoms with Crippen LogP contribution in [0.5, 0.6) is 0 Å². The minimum Gasteiger partial charge on any atom is -0.322 e. The number of aromatic nitrogens is 1. The van der Waals surface area contributed by atoms with Crippen LogP contribution < -0.4 is 10.9 Å². The molecule has 1 aromatic heterocycles. The highest BCUT2D eigenvalue weighted by Gasteiger charge is 2.13. The molecule has 0 aliphatic carbocycles. The molecule has 0 atom stereocenters. The van der Waals surface area contributed by atoms with Crippen LogP contribution in [0.1, 0.15) is 33.2 Å². The van der Waals surface area contributed by atoms with E-state index in [1.54, 1.807) is 54.7 Å². The second-order valence-corrected chi connectivity index (χ2v) is 7.02. The number of pyridine rings is 1. The summed E-state index contributed by atoms with van der Waals surface area (Å²) in [6, 6.07) is 14.6. The molecule has 5 nitrogen and oxygen atoms in total. The van der Waals surface area contributed by atoms with Crippen LogP contribution in [0.3, 0.4) is 0 Å². The number of halogens is 2. The van der Waals surface area contributed by atoms with E-state index < -0.39 is 11.5 Å². The Morgan fingerprint density at radius 3 is 2.39 bits per heavy atom. The summed E-state index contributed by atoms with van der Waals surface area (Å²) in [5.41, 5.74) is 1.31. The molecule has 0 fully saturated rings. The summed E-state index contributed by atoms with van der Waals surface area (Å²) in [4.78, 5) is 36.6. The first-order valence-electron chi connectivity index (χ1n) is 8.41. The maximum Gasteiger partial charge on any atom is 0.263 e. The summed E-state index contributed by atoms with van der Waals surface area (Å²) < 4.78 is 1.41. The molecule has 7 heteroatoms. The van der Waals surface area contributed by atoms with E-state index in [1.807, 2.05) is 0 Å². The first-order valence-corrected chi connectivity index (χ1v) is 9.16. The van der Waals surface area contributed by atoms with Crippen LogP contribution in [-0.2, 0) is 6.54 Å². The summed E-state index contributed by atoms with van der Waals surface area (Å²) in [5, 5.41) is 3.62. The number of nitrogens with zero attached hydrogens (tertiary/aromatic N) is 1. The summed E-state index contributed by atoms with van der Waals surface area (Å²) in [6.07, 6.45) is 1.59. The van der Waals surface area contributed by atoms with Crippen LogP contribution in [-0.4, -0.2) is 16.3 Å².